The van der Waals surface area contributed by atoms with E-state index in [4.69, 9.17) is 11.6 Å². The average molecular weight is 359 g/mol. The van der Waals surface area contributed by atoms with Gasteiger partial charge in [0.2, 0.25) is 0 Å². The molecule has 1 atom stereocenters. The molecule has 0 aliphatic heterocycles. The van der Waals surface area contributed by atoms with Gasteiger partial charge in [0.15, 0.2) is 7.29 Å². The van der Waals surface area contributed by atoms with E-state index in [9.17, 15) is 4.57 Å². The summed E-state index contributed by atoms with van der Waals surface area (Å²) in [6, 6.07) is 15.2. The first-order chi connectivity index (χ1) is 9.03. The maximum absolute atomic E-state index is 12.9. The highest BCUT2D eigenvalue weighted by molar-refractivity contribution is 9.10. The fraction of sp³-hybridized carbons (Fsp3) is 0.143. The van der Waals surface area contributed by atoms with Crippen molar-refractivity contribution in [2.24, 2.45) is 0 Å². The van der Waals surface area contributed by atoms with E-state index in [1.807, 2.05) is 48.5 Å². The number of halogens is 2. The Balaban J connectivity index is 2.32. The Bertz CT molecular complexity index is 615. The van der Waals surface area contributed by atoms with Crippen molar-refractivity contribution in [3.05, 3.63) is 58.6 Å². The number of hydrogen-bond donors (Lipinski definition) is 1. The SMILES string of the molecule is CP(=O)(Nc1ccc(Br)cc1)c1ccccc1CCl. The largest absolute Gasteiger partial charge is 0.333 e. The van der Waals surface area contributed by atoms with Crippen LogP contribution < -0.4 is 10.4 Å². The zero-order valence-electron chi connectivity index (χ0n) is 10.4. The summed E-state index contributed by atoms with van der Waals surface area (Å²) < 4.78 is 13.9. The zero-order chi connectivity index (χ0) is 13.9. The summed E-state index contributed by atoms with van der Waals surface area (Å²) in [6.45, 7) is 1.72. The molecule has 5 heteroatoms. The number of alkyl halides is 1. The summed E-state index contributed by atoms with van der Waals surface area (Å²) in [5.74, 6) is 0.357. The van der Waals surface area contributed by atoms with Crippen molar-refractivity contribution in [3.8, 4) is 0 Å². The van der Waals surface area contributed by atoms with E-state index >= 15 is 0 Å². The van der Waals surface area contributed by atoms with Gasteiger partial charge in [-0.15, -0.1) is 11.6 Å². The average Bonchev–Trinajstić information content (AvgIpc) is 2.41. The fourth-order valence-electron chi connectivity index (χ4n) is 1.87. The molecule has 2 nitrogen and oxygen atoms in total. The molecular formula is C14H14BrClNOP. The Labute approximate surface area is 126 Å². The summed E-state index contributed by atoms with van der Waals surface area (Å²) in [7, 11) is -2.69. The second-order valence-corrected chi connectivity index (χ2v) is 8.04. The van der Waals surface area contributed by atoms with Gasteiger partial charge in [-0.25, -0.2) is 0 Å². The Kier molecular flexibility index (Phi) is 4.72. The van der Waals surface area contributed by atoms with Gasteiger partial charge in [0.1, 0.15) is 0 Å². The summed E-state index contributed by atoms with van der Waals surface area (Å²) in [5, 5.41) is 3.90. The van der Waals surface area contributed by atoms with Crippen LogP contribution in [0.2, 0.25) is 0 Å². The molecule has 0 amide bonds. The van der Waals surface area contributed by atoms with Crippen LogP contribution in [-0.2, 0) is 10.4 Å². The van der Waals surface area contributed by atoms with E-state index in [-0.39, 0.29) is 0 Å². The van der Waals surface area contributed by atoms with Crippen LogP contribution in [0.1, 0.15) is 5.56 Å². The maximum Gasteiger partial charge on any atom is 0.195 e. The molecule has 2 aromatic carbocycles. The van der Waals surface area contributed by atoms with E-state index < -0.39 is 7.29 Å². The number of rotatable bonds is 4. The minimum absolute atomic E-state index is 0.357. The Morgan fingerprint density at radius 1 is 1.16 bits per heavy atom. The minimum Gasteiger partial charge on any atom is -0.333 e. The van der Waals surface area contributed by atoms with Crippen molar-refractivity contribution >= 4 is 45.8 Å². The highest BCUT2D eigenvalue weighted by atomic mass is 79.9. The highest BCUT2D eigenvalue weighted by Crippen LogP contribution is 2.41. The van der Waals surface area contributed by atoms with E-state index in [2.05, 4.69) is 21.0 Å². The maximum atomic E-state index is 12.9. The van der Waals surface area contributed by atoms with Gasteiger partial charge in [-0.2, -0.15) is 0 Å². The van der Waals surface area contributed by atoms with Crippen molar-refractivity contribution in [3.63, 3.8) is 0 Å². The molecule has 1 unspecified atom stereocenters. The molecule has 2 rings (SSSR count). The monoisotopic (exact) mass is 357 g/mol. The molecule has 0 bridgehead atoms. The first kappa shape index (κ1) is 14.6. The van der Waals surface area contributed by atoms with Crippen LogP contribution in [0.4, 0.5) is 5.69 Å². The molecule has 2 aromatic rings. The highest BCUT2D eigenvalue weighted by Gasteiger charge is 2.20. The zero-order valence-corrected chi connectivity index (χ0v) is 13.7. The molecule has 0 aromatic heterocycles. The van der Waals surface area contributed by atoms with Crippen molar-refractivity contribution < 1.29 is 4.57 Å². The molecule has 19 heavy (non-hydrogen) atoms. The Morgan fingerprint density at radius 2 is 1.79 bits per heavy atom. The predicted molar refractivity (Wildman–Crippen MR) is 86.9 cm³/mol. The van der Waals surface area contributed by atoms with Gasteiger partial charge in [0.25, 0.3) is 0 Å². The first-order valence-corrected chi connectivity index (χ1v) is 9.27. The van der Waals surface area contributed by atoms with Gasteiger partial charge in [0, 0.05) is 28.0 Å². The third-order valence-electron chi connectivity index (χ3n) is 2.78. The number of anilines is 1. The van der Waals surface area contributed by atoms with Crippen LogP contribution in [0.15, 0.2) is 53.0 Å². The third kappa shape index (κ3) is 3.62. The molecule has 0 saturated heterocycles. The topological polar surface area (TPSA) is 29.1 Å². The number of nitrogens with one attached hydrogen (secondary N) is 1. The molecule has 0 heterocycles. The normalized spacial score (nSPS) is 13.8. The second kappa shape index (κ2) is 6.13. The lowest BCUT2D eigenvalue weighted by atomic mass is 10.2. The Morgan fingerprint density at radius 3 is 2.42 bits per heavy atom. The quantitative estimate of drug-likeness (QED) is 0.626. The van der Waals surface area contributed by atoms with Gasteiger partial charge in [-0.1, -0.05) is 34.1 Å². The van der Waals surface area contributed by atoms with E-state index in [1.165, 1.54) is 0 Å². The molecule has 0 aliphatic rings. The van der Waals surface area contributed by atoms with Gasteiger partial charge in [-0.05, 0) is 35.9 Å². The van der Waals surface area contributed by atoms with Crippen LogP contribution >= 0.6 is 34.8 Å². The molecule has 0 fully saturated rings. The van der Waals surface area contributed by atoms with Crippen LogP contribution in [0, 0.1) is 0 Å². The predicted octanol–water partition coefficient (Wildman–Crippen LogP) is 4.83. The minimum atomic E-state index is -2.69. The van der Waals surface area contributed by atoms with Gasteiger partial charge in [-0.3, -0.25) is 4.57 Å². The van der Waals surface area contributed by atoms with Crippen molar-refractivity contribution in [2.75, 3.05) is 11.8 Å². The van der Waals surface area contributed by atoms with Gasteiger partial charge >= 0.3 is 0 Å². The first-order valence-electron chi connectivity index (χ1n) is 5.79. The lowest BCUT2D eigenvalue weighted by molar-refractivity contribution is 0.588. The summed E-state index contributed by atoms with van der Waals surface area (Å²) in [4.78, 5) is 0. The number of benzene rings is 2. The van der Waals surface area contributed by atoms with Crippen molar-refractivity contribution in [1.82, 2.24) is 0 Å². The van der Waals surface area contributed by atoms with Crippen molar-refractivity contribution in [1.29, 1.82) is 0 Å². The third-order valence-corrected chi connectivity index (χ3v) is 5.64. The molecular weight excluding hydrogens is 344 g/mol. The van der Waals surface area contributed by atoms with Crippen molar-refractivity contribution in [2.45, 2.75) is 5.88 Å². The summed E-state index contributed by atoms with van der Waals surface area (Å²) >= 11 is 9.29. The molecule has 0 aliphatic carbocycles. The van der Waals surface area contributed by atoms with E-state index in [0.29, 0.717) is 5.88 Å². The number of hydrogen-bond acceptors (Lipinski definition) is 1. The van der Waals surface area contributed by atoms with Crippen LogP contribution in [0.25, 0.3) is 0 Å². The smallest absolute Gasteiger partial charge is 0.195 e. The van der Waals surface area contributed by atoms with Crippen LogP contribution in [0.5, 0.6) is 0 Å². The van der Waals surface area contributed by atoms with E-state index in [0.717, 1.165) is 21.0 Å². The van der Waals surface area contributed by atoms with Gasteiger partial charge < -0.3 is 5.09 Å². The lowest BCUT2D eigenvalue weighted by Gasteiger charge is -2.19. The molecule has 0 radical (unpaired) electrons. The van der Waals surface area contributed by atoms with Crippen LogP contribution in [-0.4, -0.2) is 6.66 Å². The second-order valence-electron chi connectivity index (χ2n) is 4.31. The molecule has 100 valence electrons. The molecule has 1 N–H and O–H groups in total. The molecule has 0 saturated carbocycles. The molecule has 0 spiro atoms. The van der Waals surface area contributed by atoms with Crippen LogP contribution in [0.3, 0.4) is 0 Å². The van der Waals surface area contributed by atoms with E-state index in [1.54, 1.807) is 6.66 Å². The fourth-order valence-corrected chi connectivity index (χ4v) is 4.30. The van der Waals surface area contributed by atoms with Gasteiger partial charge in [0.05, 0.1) is 0 Å². The summed E-state index contributed by atoms with van der Waals surface area (Å²) in [5.41, 5.74) is 1.73. The Hall–Kier alpha value is -0.760. The standard InChI is InChI=1S/C14H14BrClNOP/c1-19(18,14-5-3-2-4-11(14)10-16)17-13-8-6-12(15)7-9-13/h2-9H,10H2,1H3,(H,17,18). The lowest BCUT2D eigenvalue weighted by Crippen LogP contribution is -2.14. The summed E-state index contributed by atoms with van der Waals surface area (Å²) in [6.07, 6.45) is 0.